The van der Waals surface area contributed by atoms with Gasteiger partial charge in [-0.05, 0) is 18.2 Å². The third-order valence-corrected chi connectivity index (χ3v) is 3.31. The highest BCUT2D eigenvalue weighted by atomic mass is 32.2. The Bertz CT molecular complexity index is 518. The van der Waals surface area contributed by atoms with Gasteiger partial charge in [0.05, 0.1) is 11.1 Å². The van der Waals surface area contributed by atoms with Crippen molar-refractivity contribution in [3.8, 4) is 0 Å². The molecule has 2 N–H and O–H groups in total. The van der Waals surface area contributed by atoms with E-state index in [1.54, 1.807) is 0 Å². The molecule has 0 radical (unpaired) electrons. The molecule has 1 amide bonds. The summed E-state index contributed by atoms with van der Waals surface area (Å²) in [6, 6.07) is 2.91. The molecule has 1 atom stereocenters. The molecule has 0 bridgehead atoms. The summed E-state index contributed by atoms with van der Waals surface area (Å²) in [5.41, 5.74) is -0.682. The van der Waals surface area contributed by atoms with Crippen LogP contribution in [0.15, 0.2) is 18.2 Å². The summed E-state index contributed by atoms with van der Waals surface area (Å²) in [6.45, 7) is 0.140. The molecule has 0 aliphatic rings. The number of amides is 1. The predicted octanol–water partition coefficient (Wildman–Crippen LogP) is 1.86. The van der Waals surface area contributed by atoms with Crippen molar-refractivity contribution in [1.82, 2.24) is 5.32 Å². The van der Waals surface area contributed by atoms with Gasteiger partial charge >= 0.3 is 6.18 Å². The lowest BCUT2D eigenvalue weighted by Crippen LogP contribution is -2.28. The number of benzene rings is 1. The molecule has 1 aromatic rings. The number of alkyl halides is 3. The van der Waals surface area contributed by atoms with Crippen LogP contribution in [0.4, 0.5) is 18.9 Å². The molecular formula is C12H15F3N2O2S. The van der Waals surface area contributed by atoms with Gasteiger partial charge in [-0.15, -0.1) is 0 Å². The highest BCUT2D eigenvalue weighted by Crippen LogP contribution is 2.31. The first kappa shape index (κ1) is 16.5. The lowest BCUT2D eigenvalue weighted by Gasteiger charge is -2.13. The van der Waals surface area contributed by atoms with E-state index in [2.05, 4.69) is 10.6 Å². The van der Waals surface area contributed by atoms with Gasteiger partial charge in [-0.2, -0.15) is 13.2 Å². The van der Waals surface area contributed by atoms with Crippen molar-refractivity contribution in [2.45, 2.75) is 6.18 Å². The van der Waals surface area contributed by atoms with Crippen LogP contribution in [0.2, 0.25) is 0 Å². The van der Waals surface area contributed by atoms with E-state index in [0.29, 0.717) is 5.69 Å². The highest BCUT2D eigenvalue weighted by Gasteiger charge is 2.31. The Labute approximate surface area is 117 Å². The van der Waals surface area contributed by atoms with Crippen LogP contribution in [0.25, 0.3) is 0 Å². The maximum absolute atomic E-state index is 12.6. The molecule has 0 aliphatic heterocycles. The van der Waals surface area contributed by atoms with Crippen LogP contribution in [0.5, 0.6) is 0 Å². The van der Waals surface area contributed by atoms with E-state index < -0.39 is 28.4 Å². The maximum atomic E-state index is 12.6. The molecule has 112 valence electrons. The SMILES string of the molecule is CNc1ccc(C(F)(F)F)cc1C(=O)NCCS(C)=O. The molecule has 1 unspecified atom stereocenters. The fourth-order valence-corrected chi connectivity index (χ4v) is 1.92. The molecule has 0 aromatic heterocycles. The lowest BCUT2D eigenvalue weighted by molar-refractivity contribution is -0.137. The molecule has 0 aliphatic carbocycles. The van der Waals surface area contributed by atoms with Crippen LogP contribution in [0, 0.1) is 0 Å². The molecule has 0 saturated carbocycles. The molecule has 1 aromatic carbocycles. The maximum Gasteiger partial charge on any atom is 0.416 e. The number of carbonyl (C=O) groups is 1. The molecule has 0 spiro atoms. The first-order valence-electron chi connectivity index (χ1n) is 5.73. The summed E-state index contributed by atoms with van der Waals surface area (Å²) in [7, 11) is 0.440. The minimum absolute atomic E-state index is 0.0933. The minimum atomic E-state index is -4.51. The molecule has 20 heavy (non-hydrogen) atoms. The molecule has 1 rings (SSSR count). The zero-order valence-electron chi connectivity index (χ0n) is 11.0. The number of rotatable bonds is 5. The summed E-state index contributed by atoms with van der Waals surface area (Å²) in [6.07, 6.45) is -3.03. The number of nitrogens with one attached hydrogen (secondary N) is 2. The topological polar surface area (TPSA) is 58.2 Å². The van der Waals surface area contributed by atoms with Crippen molar-refractivity contribution in [3.63, 3.8) is 0 Å². The Morgan fingerprint density at radius 3 is 2.50 bits per heavy atom. The van der Waals surface area contributed by atoms with E-state index in [-0.39, 0.29) is 17.9 Å². The zero-order valence-corrected chi connectivity index (χ0v) is 11.8. The van der Waals surface area contributed by atoms with Crippen molar-refractivity contribution in [2.24, 2.45) is 0 Å². The molecule has 4 nitrogen and oxygen atoms in total. The van der Waals surface area contributed by atoms with Gasteiger partial charge in [0, 0.05) is 42.1 Å². The number of anilines is 1. The quantitative estimate of drug-likeness (QED) is 0.873. The standard InChI is InChI=1S/C12H15F3N2O2S/c1-16-10-4-3-8(12(13,14)15)7-9(10)11(18)17-5-6-20(2)19/h3-4,7,16H,5-6H2,1-2H3,(H,17,18). The Morgan fingerprint density at radius 2 is 2.00 bits per heavy atom. The van der Waals surface area contributed by atoms with Crippen LogP contribution in [-0.4, -0.2) is 35.7 Å². The van der Waals surface area contributed by atoms with E-state index in [1.165, 1.54) is 19.4 Å². The van der Waals surface area contributed by atoms with Gasteiger partial charge in [-0.1, -0.05) is 0 Å². The summed E-state index contributed by atoms with van der Waals surface area (Å²) in [5, 5.41) is 5.11. The van der Waals surface area contributed by atoms with Gasteiger partial charge in [0.1, 0.15) is 0 Å². The van der Waals surface area contributed by atoms with Crippen molar-refractivity contribution in [3.05, 3.63) is 29.3 Å². The van der Waals surface area contributed by atoms with Gasteiger partial charge in [0.15, 0.2) is 0 Å². The fraction of sp³-hybridized carbons (Fsp3) is 0.417. The number of carbonyl (C=O) groups excluding carboxylic acids is 1. The summed E-state index contributed by atoms with van der Waals surface area (Å²) in [5.74, 6) is -0.384. The number of hydrogen-bond donors (Lipinski definition) is 2. The average Bonchev–Trinajstić information content (AvgIpc) is 2.36. The smallest absolute Gasteiger partial charge is 0.387 e. The van der Waals surface area contributed by atoms with Crippen molar-refractivity contribution in [1.29, 1.82) is 0 Å². The molecule has 0 heterocycles. The Hall–Kier alpha value is -1.57. The second-order valence-corrected chi connectivity index (χ2v) is 5.60. The second-order valence-electron chi connectivity index (χ2n) is 4.04. The molecule has 0 saturated heterocycles. The number of hydrogen-bond acceptors (Lipinski definition) is 3. The predicted molar refractivity (Wildman–Crippen MR) is 72.3 cm³/mol. The Morgan fingerprint density at radius 1 is 1.35 bits per heavy atom. The van der Waals surface area contributed by atoms with E-state index in [1.807, 2.05) is 0 Å². The summed E-state index contributed by atoms with van der Waals surface area (Å²) < 4.78 is 48.8. The molecule has 0 fully saturated rings. The van der Waals surface area contributed by atoms with Crippen LogP contribution in [0.1, 0.15) is 15.9 Å². The van der Waals surface area contributed by atoms with Gasteiger partial charge in [0.2, 0.25) is 0 Å². The number of halogens is 3. The monoisotopic (exact) mass is 308 g/mol. The van der Waals surface area contributed by atoms with Crippen molar-refractivity contribution >= 4 is 22.4 Å². The highest BCUT2D eigenvalue weighted by molar-refractivity contribution is 7.84. The Balaban J connectivity index is 2.96. The largest absolute Gasteiger partial charge is 0.416 e. The Kier molecular flexibility index (Phi) is 5.55. The van der Waals surface area contributed by atoms with E-state index in [9.17, 15) is 22.2 Å². The normalized spacial score (nSPS) is 12.8. The molecule has 8 heteroatoms. The van der Waals surface area contributed by atoms with Crippen LogP contribution in [-0.2, 0) is 17.0 Å². The van der Waals surface area contributed by atoms with Gasteiger partial charge in [-0.25, -0.2) is 0 Å². The zero-order chi connectivity index (χ0) is 15.3. The summed E-state index contributed by atoms with van der Waals surface area (Å²) in [4.78, 5) is 11.9. The first-order chi connectivity index (χ1) is 9.25. The molecular weight excluding hydrogens is 293 g/mol. The lowest BCUT2D eigenvalue weighted by atomic mass is 10.1. The van der Waals surface area contributed by atoms with Crippen molar-refractivity contribution < 1.29 is 22.2 Å². The van der Waals surface area contributed by atoms with Gasteiger partial charge in [-0.3, -0.25) is 9.00 Å². The van der Waals surface area contributed by atoms with Crippen LogP contribution < -0.4 is 10.6 Å². The van der Waals surface area contributed by atoms with E-state index >= 15 is 0 Å². The average molecular weight is 308 g/mol. The van der Waals surface area contributed by atoms with Crippen LogP contribution >= 0.6 is 0 Å². The summed E-state index contributed by atoms with van der Waals surface area (Å²) >= 11 is 0. The van der Waals surface area contributed by atoms with E-state index in [0.717, 1.165) is 12.1 Å². The van der Waals surface area contributed by atoms with Gasteiger partial charge < -0.3 is 10.6 Å². The first-order valence-corrected chi connectivity index (χ1v) is 7.45. The van der Waals surface area contributed by atoms with Crippen molar-refractivity contribution in [2.75, 3.05) is 30.9 Å². The second kappa shape index (κ2) is 6.74. The fourth-order valence-electron chi connectivity index (χ4n) is 1.53. The van der Waals surface area contributed by atoms with Gasteiger partial charge in [0.25, 0.3) is 5.91 Å². The third kappa shape index (κ3) is 4.52. The van der Waals surface area contributed by atoms with Crippen LogP contribution in [0.3, 0.4) is 0 Å². The minimum Gasteiger partial charge on any atom is -0.387 e. The van der Waals surface area contributed by atoms with E-state index in [4.69, 9.17) is 0 Å². The third-order valence-electron chi connectivity index (χ3n) is 2.54.